The lowest BCUT2D eigenvalue weighted by molar-refractivity contribution is -0.130. The highest BCUT2D eigenvalue weighted by molar-refractivity contribution is 7.85. The molecule has 3 unspecified atom stereocenters. The molecule has 0 rings (SSSR count). The summed E-state index contributed by atoms with van der Waals surface area (Å²) >= 11 is 0. The first-order valence-corrected chi connectivity index (χ1v) is 16.1. The second kappa shape index (κ2) is 23.2. The topological polar surface area (TPSA) is 124 Å². The van der Waals surface area contributed by atoms with E-state index in [4.69, 9.17) is 0 Å². The summed E-state index contributed by atoms with van der Waals surface area (Å²) in [5, 5.41) is 22.9. The van der Waals surface area contributed by atoms with E-state index in [0.29, 0.717) is 6.42 Å². The number of aliphatic hydroxyl groups is 2. The van der Waals surface area contributed by atoms with Crippen LogP contribution >= 0.6 is 0 Å². The molecule has 0 heterocycles. The van der Waals surface area contributed by atoms with E-state index in [1.165, 1.54) is 63.9 Å². The van der Waals surface area contributed by atoms with Gasteiger partial charge in [-0.25, -0.2) is 0 Å². The highest BCUT2D eigenvalue weighted by atomic mass is 32.2. The lowest BCUT2D eigenvalue weighted by atomic mass is 10.0. The fourth-order valence-corrected chi connectivity index (χ4v) is 5.01. The molecular weight excluding hydrogens is 478 g/mol. The fourth-order valence-electron chi connectivity index (χ4n) is 4.28. The minimum absolute atomic E-state index is 0.283. The maximum Gasteiger partial charge on any atom is 0.267 e. The Morgan fingerprint density at radius 3 is 1.67 bits per heavy atom. The summed E-state index contributed by atoms with van der Waals surface area (Å²) in [5.74, 6) is -1.54. The summed E-state index contributed by atoms with van der Waals surface area (Å²) in [4.78, 5) is 12.4. The summed E-state index contributed by atoms with van der Waals surface area (Å²) in [5.41, 5.74) is 0. The Hall–Kier alpha value is -0.960. The van der Waals surface area contributed by atoms with Crippen LogP contribution in [0, 0.1) is 0 Å². The quantitative estimate of drug-likeness (QED) is 0.0640. The molecule has 0 saturated carbocycles. The van der Waals surface area contributed by atoms with Crippen molar-refractivity contribution in [2.75, 3.05) is 5.75 Å². The number of allylic oxidation sites excluding steroid dienone is 1. The normalized spacial score (nSPS) is 14.7. The first-order valence-electron chi connectivity index (χ1n) is 14.5. The van der Waals surface area contributed by atoms with Gasteiger partial charge in [-0.05, 0) is 19.3 Å². The van der Waals surface area contributed by atoms with E-state index in [1.807, 2.05) is 0 Å². The second-order valence-corrected chi connectivity index (χ2v) is 11.7. The van der Waals surface area contributed by atoms with Gasteiger partial charge < -0.3 is 15.5 Å². The van der Waals surface area contributed by atoms with Crippen LogP contribution in [0.1, 0.15) is 136 Å². The van der Waals surface area contributed by atoms with Gasteiger partial charge >= 0.3 is 0 Å². The summed E-state index contributed by atoms with van der Waals surface area (Å²) in [6, 6.07) is -1.22. The molecule has 1 amide bonds. The molecule has 0 aliphatic carbocycles. The van der Waals surface area contributed by atoms with Gasteiger partial charge in [0.25, 0.3) is 10.1 Å². The maximum atomic E-state index is 12.4. The summed E-state index contributed by atoms with van der Waals surface area (Å²) in [7, 11) is -4.41. The molecule has 0 fully saturated rings. The van der Waals surface area contributed by atoms with Gasteiger partial charge in [0.1, 0.15) is 6.10 Å². The molecule has 0 saturated heterocycles. The Labute approximate surface area is 221 Å². The van der Waals surface area contributed by atoms with Crippen molar-refractivity contribution in [3.8, 4) is 0 Å². The zero-order chi connectivity index (χ0) is 27.1. The second-order valence-electron chi connectivity index (χ2n) is 10.2. The first kappa shape index (κ1) is 35.0. The Bertz CT molecular complexity index is 652. The van der Waals surface area contributed by atoms with E-state index in [-0.39, 0.29) is 6.42 Å². The molecule has 0 aliphatic heterocycles. The molecule has 0 radical (unpaired) electrons. The third kappa shape index (κ3) is 22.3. The van der Waals surface area contributed by atoms with Crippen LogP contribution in [-0.2, 0) is 14.9 Å². The molecule has 0 aliphatic rings. The fraction of sp³-hybridized carbons (Fsp3) is 0.893. The van der Waals surface area contributed by atoms with E-state index in [0.717, 1.165) is 51.4 Å². The number of unbranched alkanes of at least 4 members (excludes halogenated alkanes) is 16. The number of amides is 1. The van der Waals surface area contributed by atoms with E-state index >= 15 is 0 Å². The van der Waals surface area contributed by atoms with Gasteiger partial charge in [0, 0.05) is 0 Å². The van der Waals surface area contributed by atoms with E-state index in [2.05, 4.69) is 19.2 Å². The van der Waals surface area contributed by atoms with Gasteiger partial charge in [-0.3, -0.25) is 9.35 Å². The van der Waals surface area contributed by atoms with Crippen molar-refractivity contribution in [2.24, 2.45) is 0 Å². The minimum atomic E-state index is -4.41. The van der Waals surface area contributed by atoms with E-state index in [1.54, 1.807) is 6.08 Å². The zero-order valence-electron chi connectivity index (χ0n) is 23.0. The van der Waals surface area contributed by atoms with Crippen LogP contribution in [0.4, 0.5) is 0 Å². The molecular formula is C28H55NO6S. The summed E-state index contributed by atoms with van der Waals surface area (Å²) < 4.78 is 31.9. The van der Waals surface area contributed by atoms with Gasteiger partial charge in [0.05, 0.1) is 17.9 Å². The van der Waals surface area contributed by atoms with Gasteiger partial charge in [0.15, 0.2) is 0 Å². The molecule has 0 bridgehead atoms. The third-order valence-corrected chi connectivity index (χ3v) is 7.35. The first-order chi connectivity index (χ1) is 17.2. The largest absolute Gasteiger partial charge is 0.387 e. The van der Waals surface area contributed by atoms with Gasteiger partial charge in [0.2, 0.25) is 5.91 Å². The van der Waals surface area contributed by atoms with Crippen molar-refractivity contribution in [3.05, 3.63) is 12.2 Å². The van der Waals surface area contributed by atoms with Crippen LogP contribution in [0.2, 0.25) is 0 Å². The molecule has 0 aromatic rings. The smallest absolute Gasteiger partial charge is 0.267 e. The van der Waals surface area contributed by atoms with Crippen molar-refractivity contribution in [1.29, 1.82) is 0 Å². The molecule has 3 atom stereocenters. The Morgan fingerprint density at radius 2 is 1.19 bits per heavy atom. The summed E-state index contributed by atoms with van der Waals surface area (Å²) in [6.07, 6.45) is 21.6. The molecule has 4 N–H and O–H groups in total. The Kier molecular flexibility index (Phi) is 22.6. The van der Waals surface area contributed by atoms with E-state index in [9.17, 15) is 28.0 Å². The average molecular weight is 534 g/mol. The molecule has 0 aromatic heterocycles. The van der Waals surface area contributed by atoms with Crippen LogP contribution in [0.3, 0.4) is 0 Å². The number of carbonyl (C=O) groups excluding carboxylic acids is 1. The monoisotopic (exact) mass is 533 g/mol. The van der Waals surface area contributed by atoms with Crippen LogP contribution in [0.15, 0.2) is 12.2 Å². The molecule has 0 aromatic carbocycles. The number of carbonyl (C=O) groups is 1. The molecule has 36 heavy (non-hydrogen) atoms. The Morgan fingerprint density at radius 1 is 0.750 bits per heavy atom. The zero-order valence-corrected chi connectivity index (χ0v) is 23.8. The number of aliphatic hydroxyl groups excluding tert-OH is 2. The van der Waals surface area contributed by atoms with Gasteiger partial charge in [-0.1, -0.05) is 129 Å². The predicted molar refractivity (Wildman–Crippen MR) is 149 cm³/mol. The summed E-state index contributed by atoms with van der Waals surface area (Å²) in [6.45, 7) is 4.36. The van der Waals surface area contributed by atoms with Crippen molar-refractivity contribution in [3.63, 3.8) is 0 Å². The van der Waals surface area contributed by atoms with Crippen molar-refractivity contribution in [1.82, 2.24) is 5.32 Å². The minimum Gasteiger partial charge on any atom is -0.387 e. The number of hydrogen-bond acceptors (Lipinski definition) is 5. The molecule has 0 spiro atoms. The van der Waals surface area contributed by atoms with Crippen molar-refractivity contribution >= 4 is 16.0 Å². The number of rotatable bonds is 25. The van der Waals surface area contributed by atoms with Crippen LogP contribution in [0.25, 0.3) is 0 Å². The van der Waals surface area contributed by atoms with Crippen molar-refractivity contribution < 1.29 is 28.0 Å². The Balaban J connectivity index is 4.16. The number of nitrogens with one attached hydrogen (secondary N) is 1. The van der Waals surface area contributed by atoms with Gasteiger partial charge in [-0.15, -0.1) is 0 Å². The predicted octanol–water partition coefficient (Wildman–Crippen LogP) is 6.09. The lowest BCUT2D eigenvalue weighted by Gasteiger charge is -2.22. The average Bonchev–Trinajstić information content (AvgIpc) is 2.82. The molecule has 214 valence electrons. The molecule has 8 heteroatoms. The maximum absolute atomic E-state index is 12.4. The molecule has 7 nitrogen and oxygen atoms in total. The van der Waals surface area contributed by atoms with E-state index < -0.39 is 40.0 Å². The van der Waals surface area contributed by atoms with Gasteiger partial charge in [-0.2, -0.15) is 8.42 Å². The van der Waals surface area contributed by atoms with Crippen LogP contribution in [0.5, 0.6) is 0 Å². The lowest BCUT2D eigenvalue weighted by Crippen LogP contribution is -2.50. The third-order valence-electron chi connectivity index (χ3n) is 6.57. The standard InChI is InChI=1S/C28H55NO6S/c1-3-5-7-9-11-12-13-14-15-16-17-19-21-23-27(31)28(32)29-25(24-36(33,34)35)26(30)22-20-18-10-8-6-4-2/h20,22,25-27,30-31H,3-19,21,23-24H2,1-2H3,(H,29,32)(H,33,34,35)/b22-20+. The highest BCUT2D eigenvalue weighted by Crippen LogP contribution is 2.14. The van der Waals surface area contributed by atoms with Crippen molar-refractivity contribution in [2.45, 2.75) is 154 Å². The van der Waals surface area contributed by atoms with Crippen LogP contribution < -0.4 is 5.32 Å². The highest BCUT2D eigenvalue weighted by Gasteiger charge is 2.27. The number of hydrogen-bond donors (Lipinski definition) is 4. The SMILES string of the molecule is CCCCCC/C=C/C(O)C(CS(=O)(=O)O)NC(=O)C(O)CCCCCCCCCCCCCCC. The van der Waals surface area contributed by atoms with Crippen LogP contribution in [-0.4, -0.2) is 53.1 Å².